The molecule has 2 bridgehead atoms. The first-order valence-corrected chi connectivity index (χ1v) is 12.9. The first-order valence-electron chi connectivity index (χ1n) is 12.9. The minimum absolute atomic E-state index is 0. The van der Waals surface area contributed by atoms with Gasteiger partial charge >= 0.3 is 11.9 Å². The van der Waals surface area contributed by atoms with Crippen LogP contribution in [0.1, 0.15) is 42.6 Å². The zero-order valence-electron chi connectivity index (χ0n) is 22.1. The van der Waals surface area contributed by atoms with Crippen molar-refractivity contribution in [2.45, 2.75) is 39.3 Å². The van der Waals surface area contributed by atoms with Gasteiger partial charge < -0.3 is 30.4 Å². The molecule has 0 aromatic heterocycles. The number of carboxylic acid groups (broad SMARTS) is 2. The quantitative estimate of drug-likeness (QED) is 0.481. The maximum absolute atomic E-state index is 12.7. The zero-order chi connectivity index (χ0) is 26.8. The number of benzene rings is 2. The van der Waals surface area contributed by atoms with Crippen molar-refractivity contribution in [1.82, 2.24) is 9.80 Å². The van der Waals surface area contributed by atoms with Crippen LogP contribution in [-0.2, 0) is 16.1 Å². The monoisotopic (exact) mass is 525 g/mol. The van der Waals surface area contributed by atoms with Gasteiger partial charge in [0, 0.05) is 55.6 Å². The van der Waals surface area contributed by atoms with Crippen molar-refractivity contribution < 1.29 is 30.1 Å². The summed E-state index contributed by atoms with van der Waals surface area (Å²) in [5.74, 6) is -1.63. The van der Waals surface area contributed by atoms with Gasteiger partial charge in [-0.3, -0.25) is 4.79 Å². The lowest BCUT2D eigenvalue weighted by atomic mass is 9.82. The summed E-state index contributed by atoms with van der Waals surface area (Å²) in [5, 5.41) is 15.6. The molecular formula is C29H39N3O6. The molecule has 9 heteroatoms. The van der Waals surface area contributed by atoms with Gasteiger partial charge in [0.05, 0.1) is 0 Å². The fraction of sp³-hybridized carbons (Fsp3) is 0.414. The largest absolute Gasteiger partial charge is 0.478 e. The number of nitrogens with zero attached hydrogens (tertiary/aromatic N) is 3. The number of amides is 1. The summed E-state index contributed by atoms with van der Waals surface area (Å²) < 4.78 is 0. The lowest BCUT2D eigenvalue weighted by molar-refractivity contribution is -0.134. The van der Waals surface area contributed by atoms with Crippen molar-refractivity contribution >= 4 is 23.5 Å². The predicted molar refractivity (Wildman–Crippen MR) is 147 cm³/mol. The Labute approximate surface area is 224 Å². The van der Waals surface area contributed by atoms with E-state index in [0.29, 0.717) is 18.2 Å². The van der Waals surface area contributed by atoms with Gasteiger partial charge in [0.25, 0.3) is 5.91 Å². The van der Waals surface area contributed by atoms with Crippen LogP contribution in [0.25, 0.3) is 0 Å². The molecule has 9 nitrogen and oxygen atoms in total. The van der Waals surface area contributed by atoms with E-state index in [1.807, 2.05) is 30.9 Å². The molecule has 3 saturated heterocycles. The van der Waals surface area contributed by atoms with Crippen LogP contribution in [0, 0.1) is 5.92 Å². The van der Waals surface area contributed by atoms with E-state index >= 15 is 0 Å². The van der Waals surface area contributed by atoms with Crippen LogP contribution in [0.15, 0.2) is 66.7 Å². The van der Waals surface area contributed by atoms with Crippen molar-refractivity contribution in [3.8, 4) is 0 Å². The summed E-state index contributed by atoms with van der Waals surface area (Å²) in [6, 6.07) is 19.6. The van der Waals surface area contributed by atoms with Crippen LogP contribution < -0.4 is 4.90 Å². The van der Waals surface area contributed by atoms with Gasteiger partial charge in [-0.1, -0.05) is 30.3 Å². The number of fused-ring (bicyclic) bond motifs is 3. The lowest BCUT2D eigenvalue weighted by Crippen LogP contribution is -2.57. The molecule has 3 fully saturated rings. The van der Waals surface area contributed by atoms with Crippen LogP contribution in [0.3, 0.4) is 0 Å². The van der Waals surface area contributed by atoms with Crippen molar-refractivity contribution in [1.29, 1.82) is 0 Å². The van der Waals surface area contributed by atoms with Crippen molar-refractivity contribution in [3.05, 3.63) is 77.9 Å². The highest BCUT2D eigenvalue weighted by Crippen LogP contribution is 2.34. The molecule has 0 spiro atoms. The van der Waals surface area contributed by atoms with E-state index in [9.17, 15) is 14.4 Å². The van der Waals surface area contributed by atoms with E-state index in [1.54, 1.807) is 0 Å². The van der Waals surface area contributed by atoms with Crippen LogP contribution in [0.4, 0.5) is 5.69 Å². The number of hydrogen-bond acceptors (Lipinski definition) is 5. The van der Waals surface area contributed by atoms with E-state index in [1.165, 1.54) is 37.2 Å². The Morgan fingerprint density at radius 1 is 0.895 bits per heavy atom. The molecule has 206 valence electrons. The summed E-state index contributed by atoms with van der Waals surface area (Å²) in [6.07, 6.45) is 3.72. The maximum atomic E-state index is 12.7. The molecule has 0 aliphatic carbocycles. The van der Waals surface area contributed by atoms with Crippen LogP contribution in [-0.4, -0.2) is 82.1 Å². The fourth-order valence-corrected chi connectivity index (χ4v) is 5.10. The second kappa shape index (κ2) is 14.9. The Morgan fingerprint density at radius 3 is 1.89 bits per heavy atom. The highest BCUT2D eigenvalue weighted by molar-refractivity contribution is 5.94. The van der Waals surface area contributed by atoms with E-state index in [4.69, 9.17) is 10.2 Å². The number of carbonyl (C=O) groups excluding carboxylic acids is 1. The van der Waals surface area contributed by atoms with Gasteiger partial charge in [-0.15, -0.1) is 0 Å². The molecule has 2 aromatic rings. The van der Waals surface area contributed by atoms with Gasteiger partial charge in [-0.2, -0.15) is 0 Å². The molecule has 1 amide bonds. The van der Waals surface area contributed by atoms with Gasteiger partial charge in [0.15, 0.2) is 0 Å². The Morgan fingerprint density at radius 2 is 1.45 bits per heavy atom. The smallest absolute Gasteiger partial charge is 0.328 e. The van der Waals surface area contributed by atoms with Crippen molar-refractivity contribution in [3.63, 3.8) is 0 Å². The highest BCUT2D eigenvalue weighted by atomic mass is 16.4. The van der Waals surface area contributed by atoms with Gasteiger partial charge in [-0.25, -0.2) is 9.59 Å². The first kappa shape index (κ1) is 30.5. The zero-order valence-corrected chi connectivity index (χ0v) is 22.1. The fourth-order valence-electron chi connectivity index (χ4n) is 5.10. The van der Waals surface area contributed by atoms with Gasteiger partial charge in [-0.05, 0) is 75.5 Å². The SMILES string of the molecule is CCN(CC)C(=O)c1ccc(N(Cc2ccccc2)[C@H]2CN3CCC2CC3)cc1.O.O=C(O)/C=C/C(=O)O. The number of carboxylic acids is 2. The minimum atomic E-state index is -1.26. The van der Waals surface area contributed by atoms with Gasteiger partial charge in [0.2, 0.25) is 0 Å². The molecule has 0 unspecified atom stereocenters. The van der Waals surface area contributed by atoms with Crippen LogP contribution in [0.2, 0.25) is 0 Å². The predicted octanol–water partition coefficient (Wildman–Crippen LogP) is 3.16. The molecule has 3 aliphatic heterocycles. The van der Waals surface area contributed by atoms with Crippen molar-refractivity contribution in [2.75, 3.05) is 37.6 Å². The Balaban J connectivity index is 0.000000493. The molecule has 38 heavy (non-hydrogen) atoms. The average molecular weight is 526 g/mol. The third-order valence-electron chi connectivity index (χ3n) is 7.08. The number of aliphatic carboxylic acids is 2. The van der Waals surface area contributed by atoms with E-state index in [0.717, 1.165) is 37.7 Å². The van der Waals surface area contributed by atoms with E-state index < -0.39 is 11.9 Å². The number of anilines is 1. The second-order valence-electron chi connectivity index (χ2n) is 9.35. The number of rotatable bonds is 9. The second-order valence-corrected chi connectivity index (χ2v) is 9.35. The first-order chi connectivity index (χ1) is 17.8. The van der Waals surface area contributed by atoms with Crippen LogP contribution >= 0.6 is 0 Å². The molecule has 1 atom stereocenters. The highest BCUT2D eigenvalue weighted by Gasteiger charge is 2.37. The van der Waals surface area contributed by atoms with Crippen LogP contribution in [0.5, 0.6) is 0 Å². The minimum Gasteiger partial charge on any atom is -0.478 e. The molecule has 2 aromatic carbocycles. The third-order valence-corrected chi connectivity index (χ3v) is 7.08. The summed E-state index contributed by atoms with van der Waals surface area (Å²) in [4.78, 5) is 38.9. The normalized spacial score (nSPS) is 19.6. The lowest BCUT2D eigenvalue weighted by Gasteiger charge is -2.50. The molecule has 0 saturated carbocycles. The maximum Gasteiger partial charge on any atom is 0.328 e. The Bertz CT molecular complexity index is 1050. The average Bonchev–Trinajstić information content (AvgIpc) is 2.93. The summed E-state index contributed by atoms with van der Waals surface area (Å²) in [5.41, 5.74) is 3.35. The Kier molecular flexibility index (Phi) is 12.0. The molecule has 0 radical (unpaired) electrons. The molecule has 3 heterocycles. The van der Waals surface area contributed by atoms with Gasteiger partial charge in [0.1, 0.15) is 0 Å². The summed E-state index contributed by atoms with van der Waals surface area (Å²) in [7, 11) is 0. The summed E-state index contributed by atoms with van der Waals surface area (Å²) in [6.45, 7) is 10.1. The topological polar surface area (TPSA) is 133 Å². The van der Waals surface area contributed by atoms with E-state index in [-0.39, 0.29) is 11.4 Å². The van der Waals surface area contributed by atoms with E-state index in [2.05, 4.69) is 52.3 Å². The molecule has 3 aliphatic rings. The number of hydrogen-bond donors (Lipinski definition) is 2. The summed E-state index contributed by atoms with van der Waals surface area (Å²) >= 11 is 0. The van der Waals surface area contributed by atoms with Crippen molar-refractivity contribution in [2.24, 2.45) is 5.92 Å². The molecule has 5 rings (SSSR count). The standard InChI is InChI=1S/C25H33N3O.C4H4O4.H2O/c1-3-27(4-2)25(29)22-10-12-23(13-11-22)28(18-20-8-6-5-7-9-20)24-19-26-16-14-21(24)15-17-26;5-3(6)1-2-4(7)8;/h5-13,21,24H,3-4,14-19H2,1-2H3;1-2H,(H,5,6)(H,7,8);1H2/b;2-1+;/t24-;;/m0../s1. The Hall–Kier alpha value is -3.69. The number of carbonyl (C=O) groups is 3. The molecular weight excluding hydrogens is 486 g/mol. The molecule has 4 N–H and O–H groups in total. The third kappa shape index (κ3) is 8.43. The number of piperidine rings is 3.